The molecule has 0 radical (unpaired) electrons. The molecule has 2 rings (SSSR count). The number of nitrogens with one attached hydrogen (secondary N) is 1. The van der Waals surface area contributed by atoms with Crippen molar-refractivity contribution >= 4 is 12.4 Å². The van der Waals surface area contributed by atoms with Crippen molar-refractivity contribution in [1.29, 1.82) is 0 Å². The molecule has 0 atom stereocenters. The SMILES string of the molecule is Cl.c1ccc(OCCCNCCCOc2ccccc2)cc1. The fourth-order valence-electron chi connectivity index (χ4n) is 1.93. The maximum Gasteiger partial charge on any atom is 0.119 e. The van der Waals surface area contributed by atoms with Crippen LogP contribution in [0.5, 0.6) is 11.5 Å². The van der Waals surface area contributed by atoms with Crippen molar-refractivity contribution in [3.63, 3.8) is 0 Å². The molecule has 3 nitrogen and oxygen atoms in total. The number of benzene rings is 2. The molecule has 2 aromatic carbocycles. The van der Waals surface area contributed by atoms with Crippen LogP contribution in [0.15, 0.2) is 60.7 Å². The van der Waals surface area contributed by atoms with Crippen LogP contribution in [0.2, 0.25) is 0 Å². The first kappa shape index (κ1) is 18.3. The molecule has 0 saturated heterocycles. The lowest BCUT2D eigenvalue weighted by Gasteiger charge is -2.08. The molecule has 22 heavy (non-hydrogen) atoms. The highest BCUT2D eigenvalue weighted by molar-refractivity contribution is 5.85. The van der Waals surface area contributed by atoms with Gasteiger partial charge >= 0.3 is 0 Å². The Morgan fingerprint density at radius 1 is 0.636 bits per heavy atom. The second kappa shape index (κ2) is 11.9. The van der Waals surface area contributed by atoms with Crippen molar-refractivity contribution in [2.24, 2.45) is 0 Å². The van der Waals surface area contributed by atoms with Crippen molar-refractivity contribution in [1.82, 2.24) is 5.32 Å². The van der Waals surface area contributed by atoms with Gasteiger partial charge in [-0.1, -0.05) is 36.4 Å². The Kier molecular flexibility index (Phi) is 9.92. The van der Waals surface area contributed by atoms with Gasteiger partial charge < -0.3 is 14.8 Å². The summed E-state index contributed by atoms with van der Waals surface area (Å²) in [5.41, 5.74) is 0. The summed E-state index contributed by atoms with van der Waals surface area (Å²) in [6.45, 7) is 3.44. The number of rotatable bonds is 10. The zero-order chi connectivity index (χ0) is 14.6. The molecule has 0 aromatic heterocycles. The third-order valence-corrected chi connectivity index (χ3v) is 3.02. The van der Waals surface area contributed by atoms with Crippen LogP contribution in [-0.2, 0) is 0 Å². The van der Waals surface area contributed by atoms with Gasteiger partial charge in [-0.3, -0.25) is 0 Å². The van der Waals surface area contributed by atoms with Crippen LogP contribution < -0.4 is 14.8 Å². The number of para-hydroxylation sites is 2. The zero-order valence-corrected chi connectivity index (χ0v) is 13.6. The van der Waals surface area contributed by atoms with E-state index in [0.29, 0.717) is 0 Å². The molecule has 1 N–H and O–H groups in total. The summed E-state index contributed by atoms with van der Waals surface area (Å²) in [5.74, 6) is 1.88. The number of ether oxygens (including phenoxy) is 2. The first-order chi connectivity index (χ1) is 10.4. The maximum atomic E-state index is 5.63. The minimum absolute atomic E-state index is 0. The van der Waals surface area contributed by atoms with Crippen LogP contribution in [-0.4, -0.2) is 26.3 Å². The van der Waals surface area contributed by atoms with Crippen molar-refractivity contribution in [3.05, 3.63) is 60.7 Å². The van der Waals surface area contributed by atoms with Crippen molar-refractivity contribution in [3.8, 4) is 11.5 Å². The van der Waals surface area contributed by atoms with E-state index in [9.17, 15) is 0 Å². The molecule has 0 aliphatic carbocycles. The highest BCUT2D eigenvalue weighted by Crippen LogP contribution is 2.08. The van der Waals surface area contributed by atoms with Crippen LogP contribution in [0.3, 0.4) is 0 Å². The lowest BCUT2D eigenvalue weighted by Crippen LogP contribution is -2.20. The molecule has 0 fully saturated rings. The molecule has 0 unspecified atom stereocenters. The van der Waals surface area contributed by atoms with E-state index in [4.69, 9.17) is 9.47 Å². The van der Waals surface area contributed by atoms with E-state index in [0.717, 1.165) is 50.6 Å². The Balaban J connectivity index is 0.00000242. The van der Waals surface area contributed by atoms with E-state index in [2.05, 4.69) is 5.32 Å². The Labute approximate surface area is 139 Å². The standard InChI is InChI=1S/C18H23NO2.ClH/c1-3-9-17(10-4-1)20-15-7-13-19-14-8-16-21-18-11-5-2-6-12-18;/h1-6,9-12,19H,7-8,13-16H2;1H. The Morgan fingerprint density at radius 3 is 1.45 bits per heavy atom. The molecule has 0 aliphatic heterocycles. The van der Waals surface area contributed by atoms with E-state index in [-0.39, 0.29) is 12.4 Å². The average Bonchev–Trinajstić information content (AvgIpc) is 2.55. The molecule has 0 heterocycles. The molecular weight excluding hydrogens is 298 g/mol. The third-order valence-electron chi connectivity index (χ3n) is 3.02. The van der Waals surface area contributed by atoms with Crippen molar-refractivity contribution < 1.29 is 9.47 Å². The van der Waals surface area contributed by atoms with Gasteiger partial charge in [0.05, 0.1) is 13.2 Å². The summed E-state index contributed by atoms with van der Waals surface area (Å²) in [6.07, 6.45) is 2.02. The largest absolute Gasteiger partial charge is 0.494 e. The smallest absolute Gasteiger partial charge is 0.119 e. The molecular formula is C18H24ClNO2. The molecule has 120 valence electrons. The van der Waals surface area contributed by atoms with E-state index < -0.39 is 0 Å². The summed E-state index contributed by atoms with van der Waals surface area (Å²) in [7, 11) is 0. The topological polar surface area (TPSA) is 30.5 Å². The fourth-order valence-corrected chi connectivity index (χ4v) is 1.93. The molecule has 0 bridgehead atoms. The minimum atomic E-state index is 0. The van der Waals surface area contributed by atoms with E-state index in [1.54, 1.807) is 0 Å². The number of hydrogen-bond acceptors (Lipinski definition) is 3. The summed E-state index contributed by atoms with van der Waals surface area (Å²) < 4.78 is 11.3. The summed E-state index contributed by atoms with van der Waals surface area (Å²) >= 11 is 0. The first-order valence-corrected chi connectivity index (χ1v) is 7.51. The normalized spacial score (nSPS) is 9.82. The molecule has 4 heteroatoms. The van der Waals surface area contributed by atoms with E-state index in [1.165, 1.54) is 0 Å². The second-order valence-corrected chi connectivity index (χ2v) is 4.78. The Hall–Kier alpha value is -1.71. The molecule has 0 amide bonds. The summed E-state index contributed by atoms with van der Waals surface area (Å²) in [5, 5.41) is 3.40. The van der Waals surface area contributed by atoms with Crippen LogP contribution in [0, 0.1) is 0 Å². The van der Waals surface area contributed by atoms with Gasteiger partial charge in [-0.25, -0.2) is 0 Å². The van der Waals surface area contributed by atoms with Gasteiger partial charge in [0.15, 0.2) is 0 Å². The monoisotopic (exact) mass is 321 g/mol. The molecule has 0 aliphatic rings. The average molecular weight is 322 g/mol. The third kappa shape index (κ3) is 7.91. The first-order valence-electron chi connectivity index (χ1n) is 7.51. The Bertz CT molecular complexity index is 433. The summed E-state index contributed by atoms with van der Waals surface area (Å²) in [4.78, 5) is 0. The van der Waals surface area contributed by atoms with Gasteiger partial charge in [-0.2, -0.15) is 0 Å². The Morgan fingerprint density at radius 2 is 1.05 bits per heavy atom. The number of hydrogen-bond donors (Lipinski definition) is 1. The van der Waals surface area contributed by atoms with Crippen molar-refractivity contribution in [2.75, 3.05) is 26.3 Å². The number of halogens is 1. The van der Waals surface area contributed by atoms with Crippen LogP contribution in [0.4, 0.5) is 0 Å². The predicted octanol–water partition coefficient (Wildman–Crippen LogP) is 3.94. The fraction of sp³-hybridized carbons (Fsp3) is 0.333. The van der Waals surface area contributed by atoms with Crippen molar-refractivity contribution in [2.45, 2.75) is 12.8 Å². The molecule has 0 spiro atoms. The quantitative estimate of drug-likeness (QED) is 0.672. The minimum Gasteiger partial charge on any atom is -0.494 e. The maximum absolute atomic E-state index is 5.63. The van der Waals surface area contributed by atoms with Gasteiger partial charge in [-0.15, -0.1) is 12.4 Å². The second-order valence-electron chi connectivity index (χ2n) is 4.78. The van der Waals surface area contributed by atoms with Gasteiger partial charge in [0.2, 0.25) is 0 Å². The molecule has 0 saturated carbocycles. The predicted molar refractivity (Wildman–Crippen MR) is 93.2 cm³/mol. The lowest BCUT2D eigenvalue weighted by atomic mass is 10.3. The van der Waals surface area contributed by atoms with Crippen LogP contribution >= 0.6 is 12.4 Å². The van der Waals surface area contributed by atoms with Crippen LogP contribution in [0.1, 0.15) is 12.8 Å². The van der Waals surface area contributed by atoms with E-state index >= 15 is 0 Å². The van der Waals surface area contributed by atoms with E-state index in [1.807, 2.05) is 60.7 Å². The highest BCUT2D eigenvalue weighted by Gasteiger charge is 1.94. The van der Waals surface area contributed by atoms with Gasteiger partial charge in [0.25, 0.3) is 0 Å². The zero-order valence-electron chi connectivity index (χ0n) is 12.7. The van der Waals surface area contributed by atoms with Gasteiger partial charge in [-0.05, 0) is 50.2 Å². The lowest BCUT2D eigenvalue weighted by molar-refractivity contribution is 0.298. The molecule has 2 aromatic rings. The van der Waals surface area contributed by atoms with Crippen LogP contribution in [0.25, 0.3) is 0 Å². The van der Waals surface area contributed by atoms with Gasteiger partial charge in [0.1, 0.15) is 11.5 Å². The summed E-state index contributed by atoms with van der Waals surface area (Å²) in [6, 6.07) is 19.9. The highest BCUT2D eigenvalue weighted by atomic mass is 35.5. The van der Waals surface area contributed by atoms with Gasteiger partial charge in [0, 0.05) is 0 Å².